The van der Waals surface area contributed by atoms with Crippen molar-refractivity contribution in [2.24, 2.45) is 0 Å². The van der Waals surface area contributed by atoms with Crippen LogP contribution in [0.25, 0.3) is 0 Å². The summed E-state index contributed by atoms with van der Waals surface area (Å²) < 4.78 is 11.3. The highest BCUT2D eigenvalue weighted by Crippen LogP contribution is 2.30. The molecule has 0 aliphatic carbocycles. The first-order valence-electron chi connectivity index (χ1n) is 7.68. The lowest BCUT2D eigenvalue weighted by atomic mass is 10.2. The molecule has 1 amide bonds. The van der Waals surface area contributed by atoms with Gasteiger partial charge in [0.1, 0.15) is 6.04 Å². The number of aromatic nitrogens is 1. The van der Waals surface area contributed by atoms with E-state index in [0.29, 0.717) is 17.2 Å². The second-order valence-corrected chi connectivity index (χ2v) is 5.59. The van der Waals surface area contributed by atoms with Gasteiger partial charge in [0.05, 0.1) is 25.3 Å². The number of carbonyl (C=O) groups excluding carboxylic acids is 1. The van der Waals surface area contributed by atoms with Gasteiger partial charge in [-0.1, -0.05) is 0 Å². The molecule has 0 fully saturated rings. The smallest absolute Gasteiger partial charge is 0.286 e. The van der Waals surface area contributed by atoms with Crippen molar-refractivity contribution in [1.29, 1.82) is 0 Å². The monoisotopic (exact) mass is 361 g/mol. The second kappa shape index (κ2) is 7.68. The molecule has 2 rings (SSSR count). The number of methoxy groups -OCH3 is 2. The van der Waals surface area contributed by atoms with Gasteiger partial charge in [-0.15, -0.1) is 0 Å². The predicted octanol–water partition coefficient (Wildman–Crippen LogP) is 2.28. The van der Waals surface area contributed by atoms with Gasteiger partial charge in [-0.05, 0) is 26.0 Å². The summed E-state index contributed by atoms with van der Waals surface area (Å²) in [6, 6.07) is 5.05. The Morgan fingerprint density at radius 2 is 1.88 bits per heavy atom. The van der Waals surface area contributed by atoms with E-state index in [0.717, 1.165) is 10.8 Å². The predicted molar refractivity (Wildman–Crippen MR) is 95.0 cm³/mol. The highest BCUT2D eigenvalue weighted by atomic mass is 16.6. The molecule has 9 nitrogen and oxygen atoms in total. The van der Waals surface area contributed by atoms with Crippen LogP contribution >= 0.6 is 0 Å². The maximum absolute atomic E-state index is 12.5. The molecule has 138 valence electrons. The van der Waals surface area contributed by atoms with Gasteiger partial charge < -0.3 is 14.8 Å². The molecule has 0 bridgehead atoms. The fourth-order valence-electron chi connectivity index (χ4n) is 2.40. The number of nitrogens with one attached hydrogen (secondary N) is 1. The average molecular weight is 361 g/mol. The summed E-state index contributed by atoms with van der Waals surface area (Å²) >= 11 is 0. The van der Waals surface area contributed by atoms with Gasteiger partial charge in [0.25, 0.3) is 11.2 Å². The van der Waals surface area contributed by atoms with Crippen LogP contribution in [0.4, 0.5) is 11.4 Å². The van der Waals surface area contributed by atoms with Crippen molar-refractivity contribution in [3.63, 3.8) is 0 Å². The standard InChI is InChI=1S/C17H19N3O6/c1-10-7-13(20(23)24)9-19(17(10)22)11(2)16(21)18-12-5-6-14(25-3)15(8-12)26-4/h5-9,11H,1-4H3,(H,18,21). The zero-order chi connectivity index (χ0) is 19.4. The number of pyridine rings is 1. The first-order valence-corrected chi connectivity index (χ1v) is 7.68. The van der Waals surface area contributed by atoms with E-state index in [1.54, 1.807) is 18.2 Å². The van der Waals surface area contributed by atoms with Crippen LogP contribution in [0.3, 0.4) is 0 Å². The lowest BCUT2D eigenvalue weighted by Gasteiger charge is -2.16. The Balaban J connectivity index is 2.31. The number of aryl methyl sites for hydroxylation is 1. The number of nitrogens with zero attached hydrogens (tertiary/aromatic N) is 2. The van der Waals surface area contributed by atoms with E-state index in [4.69, 9.17) is 9.47 Å². The molecule has 1 N–H and O–H groups in total. The van der Waals surface area contributed by atoms with E-state index >= 15 is 0 Å². The topological polar surface area (TPSA) is 113 Å². The van der Waals surface area contributed by atoms with E-state index < -0.39 is 22.4 Å². The fourth-order valence-corrected chi connectivity index (χ4v) is 2.40. The van der Waals surface area contributed by atoms with Gasteiger partial charge >= 0.3 is 0 Å². The third-order valence-corrected chi connectivity index (χ3v) is 3.87. The fraction of sp³-hybridized carbons (Fsp3) is 0.294. The van der Waals surface area contributed by atoms with Crippen LogP contribution in [0.15, 0.2) is 35.3 Å². The third-order valence-electron chi connectivity index (χ3n) is 3.87. The lowest BCUT2D eigenvalue weighted by molar-refractivity contribution is -0.385. The molecule has 26 heavy (non-hydrogen) atoms. The number of hydrogen-bond donors (Lipinski definition) is 1. The normalized spacial score (nSPS) is 11.5. The number of anilines is 1. The summed E-state index contributed by atoms with van der Waals surface area (Å²) in [4.78, 5) is 35.1. The number of amides is 1. The lowest BCUT2D eigenvalue weighted by Crippen LogP contribution is -2.32. The zero-order valence-corrected chi connectivity index (χ0v) is 14.8. The van der Waals surface area contributed by atoms with Crippen molar-refractivity contribution < 1.29 is 19.2 Å². The highest BCUT2D eigenvalue weighted by molar-refractivity contribution is 5.93. The van der Waals surface area contributed by atoms with Crippen molar-refractivity contribution in [1.82, 2.24) is 4.57 Å². The third kappa shape index (κ3) is 3.82. The summed E-state index contributed by atoms with van der Waals surface area (Å²) in [6.07, 6.45) is 1.06. The molecule has 1 atom stereocenters. The van der Waals surface area contributed by atoms with Gasteiger partial charge in [-0.2, -0.15) is 0 Å². The molecule has 1 heterocycles. The van der Waals surface area contributed by atoms with Crippen LogP contribution in [0.1, 0.15) is 18.5 Å². The van der Waals surface area contributed by atoms with Crippen LogP contribution < -0.4 is 20.3 Å². The Hall–Kier alpha value is -3.36. The zero-order valence-electron chi connectivity index (χ0n) is 14.8. The van der Waals surface area contributed by atoms with Crippen molar-refractivity contribution in [3.8, 4) is 11.5 Å². The summed E-state index contributed by atoms with van der Waals surface area (Å²) in [5.74, 6) is 0.435. The van der Waals surface area contributed by atoms with Crippen LogP contribution in [-0.2, 0) is 4.79 Å². The van der Waals surface area contributed by atoms with Gasteiger partial charge in [0.2, 0.25) is 5.91 Å². The van der Waals surface area contributed by atoms with Gasteiger partial charge in [-0.3, -0.25) is 24.3 Å². The quantitative estimate of drug-likeness (QED) is 0.624. The molecule has 0 saturated carbocycles. The van der Waals surface area contributed by atoms with E-state index in [1.807, 2.05) is 0 Å². The Bertz CT molecular complexity index is 906. The maximum atomic E-state index is 12.5. The molecular formula is C17H19N3O6. The first-order chi connectivity index (χ1) is 12.3. The SMILES string of the molecule is COc1ccc(NC(=O)C(C)n2cc([N+](=O)[O-])cc(C)c2=O)cc1OC. The minimum absolute atomic E-state index is 0.185. The van der Waals surface area contributed by atoms with Crippen LogP contribution in [0.5, 0.6) is 11.5 Å². The maximum Gasteiger partial charge on any atom is 0.286 e. The van der Waals surface area contributed by atoms with E-state index in [9.17, 15) is 19.7 Å². The van der Waals surface area contributed by atoms with Crippen molar-refractivity contribution in [2.45, 2.75) is 19.9 Å². The van der Waals surface area contributed by atoms with Crippen LogP contribution in [-0.4, -0.2) is 29.6 Å². The number of benzene rings is 1. The molecule has 0 aliphatic heterocycles. The Morgan fingerprint density at radius 1 is 1.23 bits per heavy atom. The highest BCUT2D eigenvalue weighted by Gasteiger charge is 2.21. The Labute approximate surface area is 149 Å². The van der Waals surface area contributed by atoms with E-state index in [2.05, 4.69) is 5.32 Å². The van der Waals surface area contributed by atoms with Crippen molar-refractivity contribution >= 4 is 17.3 Å². The first kappa shape index (κ1) is 19.0. The molecule has 0 saturated heterocycles. The number of hydrogen-bond acceptors (Lipinski definition) is 6. The van der Waals surface area contributed by atoms with Crippen LogP contribution in [0.2, 0.25) is 0 Å². The summed E-state index contributed by atoms with van der Waals surface area (Å²) in [6.45, 7) is 2.95. The average Bonchev–Trinajstić information content (AvgIpc) is 2.62. The van der Waals surface area contributed by atoms with Crippen LogP contribution in [0, 0.1) is 17.0 Å². The molecule has 0 radical (unpaired) electrons. The number of rotatable bonds is 6. The van der Waals surface area contributed by atoms with Crippen molar-refractivity contribution in [2.75, 3.05) is 19.5 Å². The van der Waals surface area contributed by atoms with E-state index in [1.165, 1.54) is 34.1 Å². The Morgan fingerprint density at radius 3 is 2.46 bits per heavy atom. The van der Waals surface area contributed by atoms with Gasteiger partial charge in [0.15, 0.2) is 11.5 Å². The molecule has 1 aromatic carbocycles. The largest absolute Gasteiger partial charge is 0.493 e. The molecular weight excluding hydrogens is 342 g/mol. The minimum Gasteiger partial charge on any atom is -0.493 e. The summed E-state index contributed by atoms with van der Waals surface area (Å²) in [5, 5.41) is 13.7. The second-order valence-electron chi connectivity index (χ2n) is 5.59. The van der Waals surface area contributed by atoms with E-state index in [-0.39, 0.29) is 11.3 Å². The molecule has 0 spiro atoms. The number of carbonyl (C=O) groups is 1. The summed E-state index contributed by atoms with van der Waals surface area (Å²) in [5.41, 5.74) is -0.0990. The molecule has 9 heteroatoms. The number of nitro groups is 1. The van der Waals surface area contributed by atoms with Gasteiger partial charge in [-0.25, -0.2) is 0 Å². The number of ether oxygens (including phenoxy) is 2. The van der Waals surface area contributed by atoms with Gasteiger partial charge in [0, 0.05) is 23.4 Å². The van der Waals surface area contributed by atoms with Crippen molar-refractivity contribution in [3.05, 3.63) is 56.5 Å². The minimum atomic E-state index is -0.950. The molecule has 1 unspecified atom stereocenters. The molecule has 0 aliphatic rings. The molecule has 2 aromatic rings. The summed E-state index contributed by atoms with van der Waals surface area (Å²) in [7, 11) is 2.97. The molecule has 1 aromatic heterocycles. The Kier molecular flexibility index (Phi) is 5.61.